The lowest BCUT2D eigenvalue weighted by molar-refractivity contribution is 0.245. The highest BCUT2D eigenvalue weighted by molar-refractivity contribution is 8.03. The van der Waals surface area contributed by atoms with Crippen LogP contribution in [0.25, 0.3) is 0 Å². The van der Waals surface area contributed by atoms with Gasteiger partial charge in [-0.05, 0) is 49.8 Å². The minimum atomic E-state index is 0.567. The molecule has 0 aromatic carbocycles. The summed E-state index contributed by atoms with van der Waals surface area (Å²) in [5, 5.41) is 2.94. The van der Waals surface area contributed by atoms with Crippen LogP contribution < -0.4 is 0 Å². The Morgan fingerprint density at radius 1 is 1.35 bits per heavy atom. The molecule has 1 nitrogen and oxygen atoms in total. The van der Waals surface area contributed by atoms with Crippen LogP contribution in [0.2, 0.25) is 0 Å². The van der Waals surface area contributed by atoms with Gasteiger partial charge in [0, 0.05) is 11.8 Å². The van der Waals surface area contributed by atoms with Crippen LogP contribution in [0.1, 0.15) is 32.1 Å². The number of allylic oxidation sites excluding steroid dienone is 1. The molecule has 0 N–H and O–H groups in total. The smallest absolute Gasteiger partial charge is 0.0332 e. The first-order valence-corrected chi connectivity index (χ1v) is 7.58. The summed E-state index contributed by atoms with van der Waals surface area (Å²) in [5.74, 6) is 0. The fourth-order valence-electron chi connectivity index (χ4n) is 2.59. The summed E-state index contributed by atoms with van der Waals surface area (Å²) in [5.41, 5.74) is 2.94. The number of likely N-dealkylation sites (tertiary alicyclic amines) is 1. The minimum absolute atomic E-state index is 0.567. The first-order valence-electron chi connectivity index (χ1n) is 6.64. The van der Waals surface area contributed by atoms with E-state index < -0.39 is 0 Å². The van der Waals surface area contributed by atoms with E-state index in [1.165, 1.54) is 37.9 Å². The lowest BCUT2D eigenvalue weighted by Gasteiger charge is -2.30. The van der Waals surface area contributed by atoms with Crippen molar-refractivity contribution >= 4 is 11.8 Å². The van der Waals surface area contributed by atoms with Gasteiger partial charge >= 0.3 is 0 Å². The number of nitrogens with zero attached hydrogens (tertiary/aromatic N) is 1. The molecule has 2 heterocycles. The van der Waals surface area contributed by atoms with Crippen molar-refractivity contribution in [1.29, 1.82) is 0 Å². The van der Waals surface area contributed by atoms with Crippen molar-refractivity contribution in [2.24, 2.45) is 0 Å². The molecule has 0 aliphatic carbocycles. The summed E-state index contributed by atoms with van der Waals surface area (Å²) in [6.07, 6.45) is 8.32. The zero-order valence-electron chi connectivity index (χ0n) is 10.7. The van der Waals surface area contributed by atoms with Crippen LogP contribution in [0, 0.1) is 0 Å². The highest BCUT2D eigenvalue weighted by atomic mass is 32.2. The summed E-state index contributed by atoms with van der Waals surface area (Å²) >= 11 is 1.93. The molecule has 0 aromatic rings. The number of rotatable bonds is 4. The molecule has 1 saturated heterocycles. The van der Waals surface area contributed by atoms with E-state index in [-0.39, 0.29) is 0 Å². The van der Waals surface area contributed by atoms with Crippen LogP contribution in [0.4, 0.5) is 0 Å². The zero-order valence-corrected chi connectivity index (χ0v) is 11.5. The second-order valence-corrected chi connectivity index (χ2v) is 6.17. The Morgan fingerprint density at radius 2 is 2.12 bits per heavy atom. The molecular weight excluding hydrogens is 226 g/mol. The quantitative estimate of drug-likeness (QED) is 0.693. The number of piperidine rings is 1. The van der Waals surface area contributed by atoms with Gasteiger partial charge in [0.25, 0.3) is 0 Å². The van der Waals surface area contributed by atoms with E-state index in [1.807, 2.05) is 17.8 Å². The fraction of sp³-hybridized carbons (Fsp3) is 0.600. The highest BCUT2D eigenvalue weighted by Crippen LogP contribution is 2.34. The topological polar surface area (TPSA) is 3.24 Å². The molecular formula is C15H23NS. The summed E-state index contributed by atoms with van der Waals surface area (Å²) in [7, 11) is 0. The van der Waals surface area contributed by atoms with Gasteiger partial charge in [-0.15, -0.1) is 18.3 Å². The monoisotopic (exact) mass is 249 g/mol. The van der Waals surface area contributed by atoms with Crippen LogP contribution in [0.5, 0.6) is 0 Å². The molecule has 17 heavy (non-hydrogen) atoms. The number of hydrogen-bond acceptors (Lipinski definition) is 2. The van der Waals surface area contributed by atoms with Crippen LogP contribution >= 0.6 is 11.8 Å². The SMILES string of the molecule is C=CCC1SC=C(CN2CCCCC2)CC1=C. The number of thioether (sulfide) groups is 1. The van der Waals surface area contributed by atoms with Crippen LogP contribution in [-0.4, -0.2) is 29.8 Å². The Morgan fingerprint density at radius 3 is 2.76 bits per heavy atom. The average Bonchev–Trinajstić information content (AvgIpc) is 2.34. The second-order valence-electron chi connectivity index (χ2n) is 5.10. The van der Waals surface area contributed by atoms with Crippen molar-refractivity contribution in [3.05, 3.63) is 35.8 Å². The number of hydrogen-bond donors (Lipinski definition) is 0. The Bertz CT molecular complexity index is 313. The van der Waals surface area contributed by atoms with E-state index in [1.54, 1.807) is 5.57 Å². The summed E-state index contributed by atoms with van der Waals surface area (Å²) in [4.78, 5) is 2.59. The summed E-state index contributed by atoms with van der Waals surface area (Å²) < 4.78 is 0. The van der Waals surface area contributed by atoms with Gasteiger partial charge in [-0.1, -0.05) is 24.6 Å². The molecule has 2 aliphatic rings. The molecule has 2 aliphatic heterocycles. The molecule has 0 amide bonds. The second kappa shape index (κ2) is 6.46. The molecule has 0 aromatic heterocycles. The standard InChI is InChI=1S/C15H23NS/c1-3-7-15-13(2)10-14(12-17-15)11-16-8-5-4-6-9-16/h3,12,15H,1-2,4-11H2. The van der Waals surface area contributed by atoms with Gasteiger partial charge in [0.15, 0.2) is 0 Å². The predicted molar refractivity (Wildman–Crippen MR) is 78.3 cm³/mol. The molecule has 2 heteroatoms. The first kappa shape index (κ1) is 13.0. The van der Waals surface area contributed by atoms with Gasteiger partial charge in [-0.2, -0.15) is 0 Å². The van der Waals surface area contributed by atoms with Gasteiger partial charge in [0.1, 0.15) is 0 Å². The molecule has 1 fully saturated rings. The lowest BCUT2D eigenvalue weighted by atomic mass is 10.0. The Kier molecular flexibility index (Phi) is 4.93. The summed E-state index contributed by atoms with van der Waals surface area (Å²) in [6.45, 7) is 11.8. The van der Waals surface area contributed by atoms with Crippen molar-refractivity contribution in [3.8, 4) is 0 Å². The predicted octanol–water partition coefficient (Wildman–Crippen LogP) is 3.99. The van der Waals surface area contributed by atoms with Gasteiger partial charge in [0.2, 0.25) is 0 Å². The van der Waals surface area contributed by atoms with Gasteiger partial charge < -0.3 is 0 Å². The van der Waals surface area contributed by atoms with Crippen LogP contribution in [0.3, 0.4) is 0 Å². The van der Waals surface area contributed by atoms with E-state index in [4.69, 9.17) is 0 Å². The van der Waals surface area contributed by atoms with Crippen molar-refractivity contribution in [3.63, 3.8) is 0 Å². The van der Waals surface area contributed by atoms with E-state index in [0.29, 0.717) is 5.25 Å². The fourth-order valence-corrected chi connectivity index (χ4v) is 3.63. The highest BCUT2D eigenvalue weighted by Gasteiger charge is 2.19. The maximum atomic E-state index is 4.23. The molecule has 1 atom stereocenters. The van der Waals surface area contributed by atoms with Crippen LogP contribution in [-0.2, 0) is 0 Å². The maximum absolute atomic E-state index is 4.23. The van der Waals surface area contributed by atoms with E-state index in [2.05, 4.69) is 23.5 Å². The third-order valence-electron chi connectivity index (χ3n) is 3.56. The van der Waals surface area contributed by atoms with Gasteiger partial charge in [0.05, 0.1) is 0 Å². The van der Waals surface area contributed by atoms with Crippen molar-refractivity contribution in [2.75, 3.05) is 19.6 Å². The molecule has 0 spiro atoms. The van der Waals surface area contributed by atoms with E-state index >= 15 is 0 Å². The van der Waals surface area contributed by atoms with E-state index in [0.717, 1.165) is 19.4 Å². The Balaban J connectivity index is 1.85. The lowest BCUT2D eigenvalue weighted by Crippen LogP contribution is -2.32. The first-order chi connectivity index (χ1) is 8.29. The molecule has 0 radical (unpaired) electrons. The van der Waals surface area contributed by atoms with Crippen molar-refractivity contribution < 1.29 is 0 Å². The van der Waals surface area contributed by atoms with Crippen molar-refractivity contribution in [2.45, 2.75) is 37.4 Å². The normalized spacial score (nSPS) is 26.7. The zero-order chi connectivity index (χ0) is 12.1. The largest absolute Gasteiger partial charge is 0.299 e. The Labute approximate surface area is 110 Å². The maximum Gasteiger partial charge on any atom is 0.0332 e. The van der Waals surface area contributed by atoms with Crippen LogP contribution in [0.15, 0.2) is 35.8 Å². The minimum Gasteiger partial charge on any atom is -0.299 e. The van der Waals surface area contributed by atoms with Gasteiger partial charge in [-0.25, -0.2) is 0 Å². The van der Waals surface area contributed by atoms with E-state index in [9.17, 15) is 0 Å². The van der Waals surface area contributed by atoms with Crippen molar-refractivity contribution in [1.82, 2.24) is 4.90 Å². The van der Waals surface area contributed by atoms with Gasteiger partial charge in [-0.3, -0.25) is 4.90 Å². The molecule has 0 saturated carbocycles. The molecule has 94 valence electrons. The molecule has 1 unspecified atom stereocenters. The average molecular weight is 249 g/mol. The third kappa shape index (κ3) is 3.75. The molecule has 0 bridgehead atoms. The summed E-state index contributed by atoms with van der Waals surface area (Å²) in [6, 6.07) is 0. The molecule has 2 rings (SSSR count). The third-order valence-corrected chi connectivity index (χ3v) is 4.89. The Hall–Kier alpha value is -0.470.